The van der Waals surface area contributed by atoms with Gasteiger partial charge in [-0.3, -0.25) is 0 Å². The summed E-state index contributed by atoms with van der Waals surface area (Å²) >= 11 is 0. The maximum Gasteiger partial charge on any atom is 0.231 e. The summed E-state index contributed by atoms with van der Waals surface area (Å²) in [6, 6.07) is 4.36. The quantitative estimate of drug-likeness (QED) is 0.887. The van der Waals surface area contributed by atoms with Crippen molar-refractivity contribution >= 4 is 0 Å². The van der Waals surface area contributed by atoms with Crippen LogP contribution in [0.25, 0.3) is 11.5 Å². The first kappa shape index (κ1) is 12.4. The Labute approximate surface area is 112 Å². The lowest BCUT2D eigenvalue weighted by molar-refractivity contribution is 0.265. The topological polar surface area (TPSA) is 66.7 Å². The average Bonchev–Trinajstić information content (AvgIpc) is 3.11. The molecule has 5 heteroatoms. The molecule has 1 aliphatic carbocycles. The first-order chi connectivity index (χ1) is 9.38. The summed E-state index contributed by atoms with van der Waals surface area (Å²) in [4.78, 5) is 7.67. The van der Waals surface area contributed by atoms with E-state index < -0.39 is 0 Å². The fourth-order valence-corrected chi connectivity index (χ4v) is 2.90. The van der Waals surface area contributed by atoms with Crippen LogP contribution in [0.3, 0.4) is 0 Å². The van der Waals surface area contributed by atoms with Crippen LogP contribution in [-0.4, -0.2) is 27.7 Å². The monoisotopic (exact) mass is 260 g/mol. The molecule has 2 N–H and O–H groups in total. The molecule has 0 saturated heterocycles. The zero-order valence-corrected chi connectivity index (χ0v) is 11.2. The fraction of sp³-hybridized carbons (Fsp3) is 0.571. The number of nitrogens with one attached hydrogen (secondary N) is 2. The SMILES string of the molecule is CCNC1CCCCC1c1nc(-c2ccc[nH]2)no1. The smallest absolute Gasteiger partial charge is 0.231 e. The van der Waals surface area contributed by atoms with Gasteiger partial charge in [0.05, 0.1) is 11.6 Å². The van der Waals surface area contributed by atoms with Crippen LogP contribution >= 0.6 is 0 Å². The van der Waals surface area contributed by atoms with E-state index in [-0.39, 0.29) is 0 Å². The van der Waals surface area contributed by atoms with Crippen LogP contribution < -0.4 is 5.32 Å². The predicted molar refractivity (Wildman–Crippen MR) is 72.8 cm³/mol. The number of aromatic nitrogens is 3. The summed E-state index contributed by atoms with van der Waals surface area (Å²) < 4.78 is 5.48. The standard InChI is InChI=1S/C14H20N4O/c1-2-15-11-7-4-3-6-10(11)14-17-13(18-19-14)12-8-5-9-16-12/h5,8-11,15-16H,2-4,6-7H2,1H3. The molecule has 2 aromatic heterocycles. The number of nitrogens with zero attached hydrogens (tertiary/aromatic N) is 2. The normalized spacial score (nSPS) is 23.6. The van der Waals surface area contributed by atoms with Gasteiger partial charge in [0.25, 0.3) is 0 Å². The van der Waals surface area contributed by atoms with E-state index in [2.05, 4.69) is 27.4 Å². The average molecular weight is 260 g/mol. The third-order valence-electron chi connectivity index (χ3n) is 3.83. The van der Waals surface area contributed by atoms with Gasteiger partial charge in [-0.1, -0.05) is 24.9 Å². The molecule has 2 aromatic rings. The molecule has 1 aliphatic rings. The van der Waals surface area contributed by atoms with E-state index in [1.54, 1.807) is 0 Å². The Balaban J connectivity index is 1.80. The van der Waals surface area contributed by atoms with E-state index in [9.17, 15) is 0 Å². The molecule has 19 heavy (non-hydrogen) atoms. The largest absolute Gasteiger partial charge is 0.359 e. The van der Waals surface area contributed by atoms with Crippen molar-refractivity contribution in [3.8, 4) is 11.5 Å². The molecule has 2 heterocycles. The Morgan fingerprint density at radius 1 is 1.42 bits per heavy atom. The lowest BCUT2D eigenvalue weighted by Crippen LogP contribution is -2.37. The summed E-state index contributed by atoms with van der Waals surface area (Å²) in [6.07, 6.45) is 6.72. The van der Waals surface area contributed by atoms with E-state index in [1.807, 2.05) is 18.3 Å². The molecule has 0 amide bonds. The van der Waals surface area contributed by atoms with Crippen LogP contribution in [0.1, 0.15) is 44.4 Å². The summed E-state index contributed by atoms with van der Waals surface area (Å²) in [5.74, 6) is 1.78. The second-order valence-corrected chi connectivity index (χ2v) is 5.10. The van der Waals surface area contributed by atoms with Gasteiger partial charge >= 0.3 is 0 Å². The number of hydrogen-bond donors (Lipinski definition) is 2. The van der Waals surface area contributed by atoms with Crippen molar-refractivity contribution < 1.29 is 4.52 Å². The molecular weight excluding hydrogens is 240 g/mol. The van der Waals surface area contributed by atoms with Gasteiger partial charge in [-0.25, -0.2) is 0 Å². The molecule has 0 aliphatic heterocycles. The highest BCUT2D eigenvalue weighted by atomic mass is 16.5. The van der Waals surface area contributed by atoms with Crippen LogP contribution in [0.2, 0.25) is 0 Å². The molecule has 0 bridgehead atoms. The van der Waals surface area contributed by atoms with Gasteiger partial charge in [0.2, 0.25) is 11.7 Å². The molecule has 1 fully saturated rings. The number of hydrogen-bond acceptors (Lipinski definition) is 4. The molecule has 2 atom stereocenters. The van der Waals surface area contributed by atoms with Gasteiger partial charge in [-0.05, 0) is 31.5 Å². The minimum atomic E-state index is 0.352. The lowest BCUT2D eigenvalue weighted by Gasteiger charge is -2.29. The maximum atomic E-state index is 5.48. The van der Waals surface area contributed by atoms with Crippen molar-refractivity contribution in [1.82, 2.24) is 20.4 Å². The Bertz CT molecular complexity index is 503. The Hall–Kier alpha value is -1.62. The Morgan fingerprint density at radius 2 is 2.32 bits per heavy atom. The van der Waals surface area contributed by atoms with E-state index in [1.165, 1.54) is 19.3 Å². The van der Waals surface area contributed by atoms with Gasteiger partial charge in [-0.15, -0.1) is 0 Å². The van der Waals surface area contributed by atoms with Crippen molar-refractivity contribution in [3.63, 3.8) is 0 Å². The highest BCUT2D eigenvalue weighted by molar-refractivity contribution is 5.47. The zero-order chi connectivity index (χ0) is 13.1. The molecular formula is C14H20N4O. The Kier molecular flexibility index (Phi) is 3.64. The van der Waals surface area contributed by atoms with Crippen LogP contribution in [0.5, 0.6) is 0 Å². The third-order valence-corrected chi connectivity index (χ3v) is 3.83. The van der Waals surface area contributed by atoms with Crippen LogP contribution in [0, 0.1) is 0 Å². The second-order valence-electron chi connectivity index (χ2n) is 5.10. The number of H-pyrrole nitrogens is 1. The minimum Gasteiger partial charge on any atom is -0.359 e. The summed E-state index contributed by atoms with van der Waals surface area (Å²) in [7, 11) is 0. The number of aromatic amines is 1. The first-order valence-electron chi connectivity index (χ1n) is 7.09. The van der Waals surface area contributed by atoms with Crippen molar-refractivity contribution in [2.75, 3.05) is 6.54 Å². The maximum absolute atomic E-state index is 5.48. The second kappa shape index (κ2) is 5.57. The third kappa shape index (κ3) is 2.56. The summed E-state index contributed by atoms with van der Waals surface area (Å²) in [6.45, 7) is 3.13. The number of likely N-dealkylation sites (N-methyl/N-ethyl adjacent to an activating group) is 1. The van der Waals surface area contributed by atoms with Crippen molar-refractivity contribution in [2.24, 2.45) is 0 Å². The molecule has 5 nitrogen and oxygen atoms in total. The lowest BCUT2D eigenvalue weighted by atomic mass is 9.84. The van der Waals surface area contributed by atoms with Gasteiger partial charge in [0.15, 0.2) is 0 Å². The molecule has 0 radical (unpaired) electrons. The summed E-state index contributed by atoms with van der Waals surface area (Å²) in [5, 5.41) is 7.62. The molecule has 0 spiro atoms. The molecule has 3 rings (SSSR count). The van der Waals surface area contributed by atoms with E-state index in [0.29, 0.717) is 17.8 Å². The van der Waals surface area contributed by atoms with Crippen molar-refractivity contribution in [2.45, 2.75) is 44.6 Å². The zero-order valence-electron chi connectivity index (χ0n) is 11.2. The van der Waals surface area contributed by atoms with E-state index in [0.717, 1.165) is 24.6 Å². The Morgan fingerprint density at radius 3 is 3.11 bits per heavy atom. The molecule has 2 unspecified atom stereocenters. The highest BCUT2D eigenvalue weighted by Crippen LogP contribution is 2.32. The van der Waals surface area contributed by atoms with Gasteiger partial charge in [0, 0.05) is 12.2 Å². The van der Waals surface area contributed by atoms with Crippen LogP contribution in [-0.2, 0) is 0 Å². The first-order valence-corrected chi connectivity index (χ1v) is 7.09. The summed E-state index contributed by atoms with van der Waals surface area (Å²) in [5.41, 5.74) is 0.908. The van der Waals surface area contributed by atoms with Crippen molar-refractivity contribution in [1.29, 1.82) is 0 Å². The molecule has 1 saturated carbocycles. The molecule has 102 valence electrons. The minimum absolute atomic E-state index is 0.352. The van der Waals surface area contributed by atoms with Crippen LogP contribution in [0.15, 0.2) is 22.9 Å². The fourth-order valence-electron chi connectivity index (χ4n) is 2.90. The van der Waals surface area contributed by atoms with E-state index >= 15 is 0 Å². The van der Waals surface area contributed by atoms with Gasteiger partial charge in [0.1, 0.15) is 0 Å². The van der Waals surface area contributed by atoms with Gasteiger partial charge in [-0.2, -0.15) is 4.98 Å². The highest BCUT2D eigenvalue weighted by Gasteiger charge is 2.30. The van der Waals surface area contributed by atoms with Crippen molar-refractivity contribution in [3.05, 3.63) is 24.2 Å². The van der Waals surface area contributed by atoms with Gasteiger partial charge < -0.3 is 14.8 Å². The number of rotatable bonds is 4. The predicted octanol–water partition coefficient (Wildman–Crippen LogP) is 2.70. The van der Waals surface area contributed by atoms with Crippen LogP contribution in [0.4, 0.5) is 0 Å². The molecule has 0 aromatic carbocycles. The van der Waals surface area contributed by atoms with E-state index in [4.69, 9.17) is 4.52 Å².